The first-order chi connectivity index (χ1) is 20.1. The van der Waals surface area contributed by atoms with E-state index in [2.05, 4.69) is 5.32 Å². The summed E-state index contributed by atoms with van der Waals surface area (Å²) >= 11 is 0. The fourth-order valence-corrected chi connectivity index (χ4v) is 5.85. The highest BCUT2D eigenvalue weighted by Crippen LogP contribution is 2.24. The summed E-state index contributed by atoms with van der Waals surface area (Å²) in [5, 5.41) is 3.06. The van der Waals surface area contributed by atoms with E-state index >= 15 is 0 Å². The number of nitrogens with zero attached hydrogens (tertiary/aromatic N) is 2. The molecule has 0 radical (unpaired) electrons. The number of hydrogen-bond donors (Lipinski definition) is 1. The van der Waals surface area contributed by atoms with Crippen LogP contribution in [0.3, 0.4) is 0 Å². The van der Waals surface area contributed by atoms with E-state index in [9.17, 15) is 22.4 Å². The van der Waals surface area contributed by atoms with Crippen LogP contribution in [0.4, 0.5) is 10.1 Å². The summed E-state index contributed by atoms with van der Waals surface area (Å²) in [6.07, 6.45) is 6.02. The van der Waals surface area contributed by atoms with Gasteiger partial charge in [0, 0.05) is 12.6 Å². The minimum absolute atomic E-state index is 0.0161. The Bertz CT molecular complexity index is 1430. The SMILES string of the molecule is C[C@@H](C(=O)NC1CCCCC1)N(Cc1ccc(F)cc1)C(=O)CN(c1ccc(OCc2ccccc2)cc1)S(C)(=O)=O. The number of hydrogen-bond acceptors (Lipinski definition) is 5. The molecule has 1 N–H and O–H groups in total. The molecule has 0 spiro atoms. The van der Waals surface area contributed by atoms with Crippen LogP contribution >= 0.6 is 0 Å². The van der Waals surface area contributed by atoms with Crippen molar-refractivity contribution in [2.75, 3.05) is 17.1 Å². The molecular formula is C32H38FN3O5S. The Morgan fingerprint density at radius 1 is 0.929 bits per heavy atom. The van der Waals surface area contributed by atoms with Gasteiger partial charge in [0.25, 0.3) is 0 Å². The first-order valence-electron chi connectivity index (χ1n) is 14.2. The number of carbonyl (C=O) groups excluding carboxylic acids is 2. The Labute approximate surface area is 247 Å². The average molecular weight is 596 g/mol. The van der Waals surface area contributed by atoms with E-state index in [1.165, 1.54) is 17.0 Å². The van der Waals surface area contributed by atoms with E-state index < -0.39 is 34.3 Å². The van der Waals surface area contributed by atoms with Crippen molar-refractivity contribution in [1.29, 1.82) is 0 Å². The second kappa shape index (κ2) is 14.3. The topological polar surface area (TPSA) is 96.0 Å². The van der Waals surface area contributed by atoms with Crippen molar-refractivity contribution in [3.63, 3.8) is 0 Å². The number of benzene rings is 3. The highest BCUT2D eigenvalue weighted by atomic mass is 32.2. The highest BCUT2D eigenvalue weighted by Gasteiger charge is 2.31. The number of nitrogens with one attached hydrogen (secondary N) is 1. The van der Waals surface area contributed by atoms with E-state index in [1.807, 2.05) is 30.3 Å². The summed E-state index contributed by atoms with van der Waals surface area (Å²) in [5.41, 5.74) is 1.90. The van der Waals surface area contributed by atoms with Crippen molar-refractivity contribution in [3.05, 3.63) is 95.8 Å². The van der Waals surface area contributed by atoms with E-state index in [4.69, 9.17) is 4.74 Å². The monoisotopic (exact) mass is 595 g/mol. The third-order valence-corrected chi connectivity index (χ3v) is 8.58. The largest absolute Gasteiger partial charge is 0.489 e. The van der Waals surface area contributed by atoms with Gasteiger partial charge in [0.1, 0.15) is 30.8 Å². The Hall–Kier alpha value is -3.92. The summed E-state index contributed by atoms with van der Waals surface area (Å²) in [6.45, 7) is 1.49. The van der Waals surface area contributed by atoms with Gasteiger partial charge in [0.2, 0.25) is 21.8 Å². The number of rotatable bonds is 12. The zero-order chi connectivity index (χ0) is 30.1. The molecule has 0 unspecified atom stereocenters. The van der Waals surface area contributed by atoms with Crippen LogP contribution in [0.1, 0.15) is 50.2 Å². The molecule has 1 fully saturated rings. The normalized spacial score (nSPS) is 14.5. The summed E-state index contributed by atoms with van der Waals surface area (Å²) in [6, 6.07) is 20.9. The van der Waals surface area contributed by atoms with Crippen LogP contribution < -0.4 is 14.4 Å². The third kappa shape index (κ3) is 8.79. The second-order valence-corrected chi connectivity index (χ2v) is 12.6. The summed E-state index contributed by atoms with van der Waals surface area (Å²) in [5.74, 6) is -0.726. The molecule has 3 aromatic rings. The van der Waals surface area contributed by atoms with Crippen LogP contribution in [0, 0.1) is 5.82 Å². The van der Waals surface area contributed by atoms with Crippen molar-refractivity contribution in [3.8, 4) is 5.75 Å². The molecule has 0 bridgehead atoms. The van der Waals surface area contributed by atoms with Gasteiger partial charge < -0.3 is 15.0 Å². The maximum atomic E-state index is 13.8. The summed E-state index contributed by atoms with van der Waals surface area (Å²) < 4.78 is 46.1. The second-order valence-electron chi connectivity index (χ2n) is 10.7. The number of halogens is 1. The number of anilines is 1. The predicted molar refractivity (Wildman–Crippen MR) is 161 cm³/mol. The Balaban J connectivity index is 1.51. The van der Waals surface area contributed by atoms with E-state index in [1.54, 1.807) is 43.3 Å². The van der Waals surface area contributed by atoms with Crippen molar-refractivity contribution in [2.24, 2.45) is 0 Å². The minimum atomic E-state index is -3.87. The highest BCUT2D eigenvalue weighted by molar-refractivity contribution is 7.92. The standard InChI is InChI=1S/C32H38FN3O5S/c1-24(32(38)34-28-11-7-4-8-12-28)35(21-25-13-15-27(33)16-14-25)31(37)22-36(42(2,39)40)29-17-19-30(20-18-29)41-23-26-9-5-3-6-10-26/h3,5-6,9-10,13-20,24,28H,4,7-8,11-12,21-23H2,1-2H3,(H,34,38)/t24-/m0/s1. The van der Waals surface area contributed by atoms with Gasteiger partial charge in [-0.3, -0.25) is 13.9 Å². The van der Waals surface area contributed by atoms with Crippen molar-refractivity contribution in [1.82, 2.24) is 10.2 Å². The summed E-state index contributed by atoms with van der Waals surface area (Å²) in [4.78, 5) is 28.3. The zero-order valence-corrected chi connectivity index (χ0v) is 24.9. The molecule has 1 saturated carbocycles. The lowest BCUT2D eigenvalue weighted by atomic mass is 9.95. The lowest BCUT2D eigenvalue weighted by molar-refractivity contribution is -0.139. The molecule has 0 heterocycles. The molecule has 1 atom stereocenters. The molecule has 10 heteroatoms. The first-order valence-corrected chi connectivity index (χ1v) is 16.0. The molecule has 42 heavy (non-hydrogen) atoms. The molecule has 1 aliphatic rings. The van der Waals surface area contributed by atoms with Gasteiger partial charge in [-0.15, -0.1) is 0 Å². The van der Waals surface area contributed by atoms with Gasteiger partial charge in [-0.05, 0) is 67.3 Å². The van der Waals surface area contributed by atoms with Crippen LogP contribution in [-0.2, 0) is 32.8 Å². The molecule has 0 aliphatic heterocycles. The first kappa shape index (κ1) is 31.0. The van der Waals surface area contributed by atoms with Gasteiger partial charge in [0.05, 0.1) is 11.9 Å². The fraction of sp³-hybridized carbons (Fsp3) is 0.375. The quantitative estimate of drug-likeness (QED) is 0.317. The Morgan fingerprint density at radius 2 is 1.57 bits per heavy atom. The number of ether oxygens (including phenoxy) is 1. The predicted octanol–water partition coefficient (Wildman–Crippen LogP) is 5.04. The molecular weight excluding hydrogens is 557 g/mol. The number of carbonyl (C=O) groups is 2. The smallest absolute Gasteiger partial charge is 0.244 e. The molecule has 0 aromatic heterocycles. The number of sulfonamides is 1. The van der Waals surface area contributed by atoms with Crippen molar-refractivity contribution in [2.45, 2.75) is 64.3 Å². The van der Waals surface area contributed by atoms with Crippen molar-refractivity contribution >= 4 is 27.5 Å². The Morgan fingerprint density at radius 3 is 2.19 bits per heavy atom. The molecule has 3 aromatic carbocycles. The van der Waals surface area contributed by atoms with Crippen LogP contribution in [0.2, 0.25) is 0 Å². The van der Waals surface area contributed by atoms with Crippen molar-refractivity contribution < 1.29 is 27.1 Å². The third-order valence-electron chi connectivity index (χ3n) is 7.44. The van der Waals surface area contributed by atoms with E-state index in [0.717, 1.165) is 48.2 Å². The van der Waals surface area contributed by atoms with E-state index in [0.29, 0.717) is 23.6 Å². The van der Waals surface area contributed by atoms with Crippen LogP contribution in [0.5, 0.6) is 5.75 Å². The summed E-state index contributed by atoms with van der Waals surface area (Å²) in [7, 11) is -3.87. The molecule has 224 valence electrons. The van der Waals surface area contributed by atoms with Gasteiger partial charge in [-0.2, -0.15) is 0 Å². The Kier molecular flexibility index (Phi) is 10.6. The minimum Gasteiger partial charge on any atom is -0.489 e. The average Bonchev–Trinajstić information content (AvgIpc) is 2.99. The fourth-order valence-electron chi connectivity index (χ4n) is 5.00. The molecule has 0 saturated heterocycles. The maximum Gasteiger partial charge on any atom is 0.244 e. The zero-order valence-electron chi connectivity index (χ0n) is 24.0. The van der Waals surface area contributed by atoms with Gasteiger partial charge in [-0.1, -0.05) is 61.7 Å². The van der Waals surface area contributed by atoms with Crippen LogP contribution in [0.15, 0.2) is 78.9 Å². The van der Waals surface area contributed by atoms with Gasteiger partial charge >= 0.3 is 0 Å². The van der Waals surface area contributed by atoms with Crippen LogP contribution in [0.25, 0.3) is 0 Å². The van der Waals surface area contributed by atoms with E-state index in [-0.39, 0.29) is 18.5 Å². The molecule has 1 aliphatic carbocycles. The molecule has 8 nitrogen and oxygen atoms in total. The van der Waals surface area contributed by atoms with Gasteiger partial charge in [0.15, 0.2) is 0 Å². The number of amides is 2. The maximum absolute atomic E-state index is 13.8. The van der Waals surface area contributed by atoms with Gasteiger partial charge in [-0.25, -0.2) is 12.8 Å². The molecule has 4 rings (SSSR count). The molecule has 2 amide bonds. The van der Waals surface area contributed by atoms with Crippen LogP contribution in [-0.4, -0.2) is 50.0 Å². The lowest BCUT2D eigenvalue weighted by Gasteiger charge is -2.33. The lowest BCUT2D eigenvalue weighted by Crippen LogP contribution is -2.52.